The smallest absolute Gasteiger partial charge is 0.0229 e. The van der Waals surface area contributed by atoms with Gasteiger partial charge in [0.1, 0.15) is 0 Å². The fourth-order valence-electron chi connectivity index (χ4n) is 2.08. The first kappa shape index (κ1) is 5.72. The molecule has 0 aromatic rings. The molecule has 2 fully saturated rings. The SMILES string of the molecule is CC1(C)CCCC2CN21. The summed E-state index contributed by atoms with van der Waals surface area (Å²) in [7, 11) is 0. The van der Waals surface area contributed by atoms with Gasteiger partial charge in [-0.15, -0.1) is 0 Å². The summed E-state index contributed by atoms with van der Waals surface area (Å²) in [6.07, 6.45) is 4.32. The fourth-order valence-corrected chi connectivity index (χ4v) is 2.08. The van der Waals surface area contributed by atoms with Crippen molar-refractivity contribution < 1.29 is 0 Å². The summed E-state index contributed by atoms with van der Waals surface area (Å²) in [4.78, 5) is 2.62. The lowest BCUT2D eigenvalue weighted by molar-refractivity contribution is 0.200. The van der Waals surface area contributed by atoms with E-state index in [9.17, 15) is 0 Å². The highest BCUT2D eigenvalue weighted by Gasteiger charge is 2.46. The molecule has 2 atom stereocenters. The molecule has 2 saturated heterocycles. The van der Waals surface area contributed by atoms with Gasteiger partial charge < -0.3 is 0 Å². The van der Waals surface area contributed by atoms with Crippen LogP contribution in [0.25, 0.3) is 0 Å². The Hall–Kier alpha value is -0.0400. The molecule has 1 nitrogen and oxygen atoms in total. The van der Waals surface area contributed by atoms with Gasteiger partial charge in [-0.3, -0.25) is 4.90 Å². The van der Waals surface area contributed by atoms with Crippen molar-refractivity contribution in [2.45, 2.75) is 44.7 Å². The van der Waals surface area contributed by atoms with Crippen LogP contribution in [-0.2, 0) is 0 Å². The maximum absolute atomic E-state index is 2.62. The molecule has 2 aliphatic heterocycles. The Morgan fingerprint density at radius 2 is 2.22 bits per heavy atom. The first-order chi connectivity index (χ1) is 4.20. The van der Waals surface area contributed by atoms with E-state index in [4.69, 9.17) is 0 Å². The van der Waals surface area contributed by atoms with Crippen LogP contribution in [0.3, 0.4) is 0 Å². The van der Waals surface area contributed by atoms with Crippen molar-refractivity contribution in [3.63, 3.8) is 0 Å². The number of hydrogen-bond acceptors (Lipinski definition) is 1. The van der Waals surface area contributed by atoms with Gasteiger partial charge in [-0.2, -0.15) is 0 Å². The molecule has 0 aromatic heterocycles. The molecular weight excluding hydrogens is 110 g/mol. The molecule has 2 heterocycles. The number of hydrogen-bond donors (Lipinski definition) is 0. The molecule has 52 valence electrons. The van der Waals surface area contributed by atoms with Gasteiger partial charge >= 0.3 is 0 Å². The number of piperidine rings is 1. The van der Waals surface area contributed by atoms with Crippen LogP contribution in [-0.4, -0.2) is 23.0 Å². The molecule has 0 amide bonds. The van der Waals surface area contributed by atoms with Crippen LogP contribution in [0, 0.1) is 0 Å². The second kappa shape index (κ2) is 1.51. The third-order valence-corrected chi connectivity index (χ3v) is 2.82. The molecular formula is C8H15N. The van der Waals surface area contributed by atoms with Crippen LogP contribution in [0.1, 0.15) is 33.1 Å². The van der Waals surface area contributed by atoms with Crippen LogP contribution in [0.4, 0.5) is 0 Å². The summed E-state index contributed by atoms with van der Waals surface area (Å²) in [6.45, 7) is 6.12. The van der Waals surface area contributed by atoms with Crippen LogP contribution in [0.2, 0.25) is 0 Å². The number of fused-ring (bicyclic) bond motifs is 1. The minimum Gasteiger partial charge on any atom is -0.292 e. The number of nitrogens with zero attached hydrogens (tertiary/aromatic N) is 1. The van der Waals surface area contributed by atoms with Gasteiger partial charge in [0.2, 0.25) is 0 Å². The highest BCUT2D eigenvalue weighted by molar-refractivity contribution is 5.02. The molecule has 1 heteroatoms. The topological polar surface area (TPSA) is 3.01 Å². The Morgan fingerprint density at radius 3 is 2.78 bits per heavy atom. The van der Waals surface area contributed by atoms with Crippen molar-refractivity contribution in [3.8, 4) is 0 Å². The fraction of sp³-hybridized carbons (Fsp3) is 1.00. The highest BCUT2D eigenvalue weighted by Crippen LogP contribution is 2.40. The molecule has 0 aliphatic carbocycles. The van der Waals surface area contributed by atoms with E-state index in [2.05, 4.69) is 18.7 Å². The molecule has 0 aromatic carbocycles. The molecule has 0 radical (unpaired) electrons. The van der Waals surface area contributed by atoms with Crippen LogP contribution < -0.4 is 0 Å². The van der Waals surface area contributed by atoms with Crippen molar-refractivity contribution in [3.05, 3.63) is 0 Å². The van der Waals surface area contributed by atoms with Gasteiger partial charge in [0, 0.05) is 18.1 Å². The third-order valence-electron chi connectivity index (χ3n) is 2.82. The largest absolute Gasteiger partial charge is 0.292 e. The zero-order chi connectivity index (χ0) is 6.48. The minimum atomic E-state index is 0.545. The summed E-state index contributed by atoms with van der Waals surface area (Å²) in [5.74, 6) is 0. The Bertz CT molecular complexity index is 129. The highest BCUT2D eigenvalue weighted by atomic mass is 15.4. The summed E-state index contributed by atoms with van der Waals surface area (Å²) in [6, 6.07) is 0.980. The molecule has 2 aliphatic rings. The molecule has 0 N–H and O–H groups in total. The van der Waals surface area contributed by atoms with Gasteiger partial charge in [-0.1, -0.05) is 6.42 Å². The normalized spacial score (nSPS) is 46.0. The Morgan fingerprint density at radius 1 is 1.44 bits per heavy atom. The predicted octanol–water partition coefficient (Wildman–Crippen LogP) is 1.63. The van der Waals surface area contributed by atoms with E-state index in [1.807, 2.05) is 0 Å². The average Bonchev–Trinajstić information content (AvgIpc) is 2.43. The summed E-state index contributed by atoms with van der Waals surface area (Å²) in [5, 5.41) is 0. The summed E-state index contributed by atoms with van der Waals surface area (Å²) >= 11 is 0. The second-order valence-corrected chi connectivity index (χ2v) is 4.01. The summed E-state index contributed by atoms with van der Waals surface area (Å²) < 4.78 is 0. The first-order valence-corrected chi connectivity index (χ1v) is 3.97. The van der Waals surface area contributed by atoms with Gasteiger partial charge in [-0.05, 0) is 26.7 Å². The van der Waals surface area contributed by atoms with Crippen LogP contribution in [0.15, 0.2) is 0 Å². The molecule has 0 spiro atoms. The Balaban J connectivity index is 2.09. The minimum absolute atomic E-state index is 0.545. The quantitative estimate of drug-likeness (QED) is 0.445. The Labute approximate surface area is 57.0 Å². The van der Waals surface area contributed by atoms with Crippen molar-refractivity contribution in [2.24, 2.45) is 0 Å². The first-order valence-electron chi connectivity index (χ1n) is 3.97. The predicted molar refractivity (Wildman–Crippen MR) is 38.4 cm³/mol. The molecule has 9 heavy (non-hydrogen) atoms. The molecule has 0 bridgehead atoms. The number of rotatable bonds is 0. The lowest BCUT2D eigenvalue weighted by atomic mass is 9.93. The molecule has 0 saturated carbocycles. The van der Waals surface area contributed by atoms with E-state index in [0.29, 0.717) is 5.54 Å². The average molecular weight is 125 g/mol. The van der Waals surface area contributed by atoms with E-state index >= 15 is 0 Å². The van der Waals surface area contributed by atoms with E-state index in [1.165, 1.54) is 25.8 Å². The maximum atomic E-state index is 2.62. The van der Waals surface area contributed by atoms with Crippen LogP contribution in [0.5, 0.6) is 0 Å². The third kappa shape index (κ3) is 0.787. The van der Waals surface area contributed by atoms with Gasteiger partial charge in [0.05, 0.1) is 0 Å². The lowest BCUT2D eigenvalue weighted by Crippen LogP contribution is -2.34. The lowest BCUT2D eigenvalue weighted by Gasteiger charge is -2.31. The van der Waals surface area contributed by atoms with E-state index in [1.54, 1.807) is 0 Å². The monoisotopic (exact) mass is 125 g/mol. The van der Waals surface area contributed by atoms with Crippen molar-refractivity contribution in [2.75, 3.05) is 6.54 Å². The van der Waals surface area contributed by atoms with Gasteiger partial charge in [0.15, 0.2) is 0 Å². The maximum Gasteiger partial charge on any atom is 0.0229 e. The van der Waals surface area contributed by atoms with Crippen molar-refractivity contribution >= 4 is 0 Å². The van der Waals surface area contributed by atoms with Crippen LogP contribution >= 0.6 is 0 Å². The standard InChI is InChI=1S/C8H15N/c1-8(2)5-3-4-7-6-9(7)8/h7H,3-6H2,1-2H3. The van der Waals surface area contributed by atoms with E-state index in [0.717, 1.165) is 6.04 Å². The zero-order valence-corrected chi connectivity index (χ0v) is 6.35. The zero-order valence-electron chi connectivity index (χ0n) is 6.35. The molecule has 2 rings (SSSR count). The second-order valence-electron chi connectivity index (χ2n) is 4.01. The summed E-state index contributed by atoms with van der Waals surface area (Å²) in [5.41, 5.74) is 0.545. The van der Waals surface area contributed by atoms with E-state index in [-0.39, 0.29) is 0 Å². The molecule has 2 unspecified atom stereocenters. The van der Waals surface area contributed by atoms with Gasteiger partial charge in [0.25, 0.3) is 0 Å². The Kier molecular flexibility index (Phi) is 0.963. The van der Waals surface area contributed by atoms with Gasteiger partial charge in [-0.25, -0.2) is 0 Å². The van der Waals surface area contributed by atoms with E-state index < -0.39 is 0 Å². The van der Waals surface area contributed by atoms with Crippen molar-refractivity contribution in [1.82, 2.24) is 4.90 Å². The van der Waals surface area contributed by atoms with Crippen molar-refractivity contribution in [1.29, 1.82) is 0 Å².